The molecule has 612 valence electrons. The van der Waals surface area contributed by atoms with Crippen molar-refractivity contribution in [1.82, 2.24) is 5.32 Å². The maximum absolute atomic E-state index is 14.5. The summed E-state index contributed by atoms with van der Waals surface area (Å²) in [5.74, 6) is -0.760. The summed E-state index contributed by atoms with van der Waals surface area (Å²) in [6.45, 7) is -8.77. The number of amides is 1. The van der Waals surface area contributed by atoms with Gasteiger partial charge >= 0.3 is 0 Å². The largest absolute Gasteiger partial charge is 0.394 e. The van der Waals surface area contributed by atoms with Gasteiger partial charge in [0.25, 0.3) is 0 Å². The van der Waals surface area contributed by atoms with Crippen LogP contribution in [0.3, 0.4) is 0 Å². The molecule has 40 atom stereocenters. The van der Waals surface area contributed by atoms with Gasteiger partial charge in [0.2, 0.25) is 5.91 Å². The van der Waals surface area contributed by atoms with Gasteiger partial charge in [0.15, 0.2) is 50.3 Å². The van der Waals surface area contributed by atoms with E-state index in [1.54, 1.807) is 0 Å². The van der Waals surface area contributed by atoms with Crippen LogP contribution < -0.4 is 5.32 Å². The zero-order chi connectivity index (χ0) is 77.9. The zero-order valence-electron chi connectivity index (χ0n) is 57.8. The number of carbonyl (C=O) groups is 1. The van der Waals surface area contributed by atoms with Crippen molar-refractivity contribution in [2.45, 2.75) is 265 Å². The SMILES string of the molecule is O=C(CCCc1cc2cccc3ccc4cccc1c4c32)N[C@@H]1[C@@H](O)[C@H]2O[C@H]3[C@H](O)[C@@H](O)[C@@H](O[C@H]4[C@H](O)[C@@H](O)[C@@H](O[C@H]5[C@H](O)[C@@H](O)[C@@H](O[C@H]6[C@H](O)[C@@H](O)[C@@H](O[C@H]7[C@H](O)[C@@H](O)[C@@H](O[C@H]8[C@H](O)[C@@H](O)[C@@H](O[C@H]9[C@H](O)[C@@H](O)[C@@H](O[C@@H]1[C@@H](CO)O2)O[C@@H]9CO)O[C@@H]8CO)O[C@@H]7CO)O[C@@H]6CO)O[C@@H]5CO)O[C@@H]4CO)O[C@@H]3CO. The molecule has 4 aromatic rings. The van der Waals surface area contributed by atoms with Crippen LogP contribution >= 0.6 is 0 Å². The fourth-order valence-corrected chi connectivity index (χ4v) is 15.8. The summed E-state index contributed by atoms with van der Waals surface area (Å²) >= 11 is 0. The van der Waals surface area contributed by atoms with E-state index in [0.717, 1.165) is 37.9 Å². The van der Waals surface area contributed by atoms with Crippen LogP contribution in [-0.4, -0.2) is 422 Å². The van der Waals surface area contributed by atoms with Gasteiger partial charge in [-0.15, -0.1) is 0 Å². The number of aliphatic hydroxyl groups is 23. The van der Waals surface area contributed by atoms with Crippen LogP contribution in [0, 0.1) is 0 Å². The highest BCUT2D eigenvalue weighted by atomic mass is 16.8. The molecule has 109 heavy (non-hydrogen) atoms. The Morgan fingerprint density at radius 1 is 0.284 bits per heavy atom. The first-order valence-corrected chi connectivity index (χ1v) is 35.8. The van der Waals surface area contributed by atoms with E-state index in [9.17, 15) is 122 Å². The van der Waals surface area contributed by atoms with Crippen LogP contribution in [0.1, 0.15) is 18.4 Å². The lowest BCUT2D eigenvalue weighted by molar-refractivity contribution is -0.402. The van der Waals surface area contributed by atoms with Gasteiger partial charge in [0.05, 0.1) is 58.9 Å². The molecule has 30 fully saturated rings. The van der Waals surface area contributed by atoms with Crippen molar-refractivity contribution >= 4 is 38.2 Å². The number of benzene rings is 4. The first-order chi connectivity index (χ1) is 52.3. The smallest absolute Gasteiger partial charge is 0.220 e. The van der Waals surface area contributed by atoms with Crippen LogP contribution in [-0.2, 0) is 87.0 Å². The zero-order valence-corrected chi connectivity index (χ0v) is 57.8. The van der Waals surface area contributed by atoms with E-state index in [1.807, 2.05) is 54.6 Å². The second-order valence-corrected chi connectivity index (χ2v) is 28.5. The summed E-state index contributed by atoms with van der Waals surface area (Å²) in [6, 6.07) is 16.0. The second-order valence-electron chi connectivity index (χ2n) is 28.5. The normalized spacial score (nSPS) is 47.1. The Bertz CT molecular complexity index is 3580. The minimum atomic E-state index is -2.30. The van der Waals surface area contributed by atoms with Crippen molar-refractivity contribution in [3.63, 3.8) is 0 Å². The Morgan fingerprint density at radius 2 is 0.532 bits per heavy atom. The predicted octanol–water partition coefficient (Wildman–Crippen LogP) is -12.4. The quantitative estimate of drug-likeness (QED) is 0.0553. The van der Waals surface area contributed by atoms with E-state index in [1.165, 1.54) is 0 Å². The first kappa shape index (κ1) is 82.8. The monoisotopic (exact) mass is 1570 g/mol. The molecule has 41 nitrogen and oxygen atoms in total. The molecule has 41 heteroatoms. The molecule has 30 saturated heterocycles. The number of rotatable bonds is 13. The molecule has 0 radical (unpaired) electrons. The summed E-state index contributed by atoms with van der Waals surface area (Å²) in [5, 5.41) is 269. The molecule has 1 amide bonds. The first-order valence-electron chi connectivity index (χ1n) is 35.8. The number of nitrogens with one attached hydrogen (secondary N) is 1. The van der Waals surface area contributed by atoms with Gasteiger partial charge in [-0.05, 0) is 50.7 Å². The molecule has 0 aromatic heterocycles. The average Bonchev–Trinajstić information content (AvgIpc) is 0.765. The van der Waals surface area contributed by atoms with Crippen LogP contribution in [0.15, 0.2) is 54.6 Å². The van der Waals surface area contributed by atoms with Gasteiger partial charge in [0, 0.05) is 6.42 Å². The van der Waals surface area contributed by atoms with Crippen molar-refractivity contribution in [2.24, 2.45) is 0 Å². The van der Waals surface area contributed by atoms with E-state index >= 15 is 0 Å². The summed E-state index contributed by atoms with van der Waals surface area (Å²) in [7, 11) is 0. The van der Waals surface area contributed by atoms with Crippen molar-refractivity contribution < 1.29 is 198 Å². The topological polar surface area (TPSA) is 642 Å². The van der Waals surface area contributed by atoms with Crippen molar-refractivity contribution in [1.29, 1.82) is 0 Å². The molecule has 30 aliphatic rings. The Balaban J connectivity index is 0.780. The van der Waals surface area contributed by atoms with E-state index in [0.29, 0.717) is 6.42 Å². The molecule has 16 bridgehead atoms. The minimum absolute atomic E-state index is 0.183. The Hall–Kier alpha value is -4.17. The molecule has 4 aromatic carbocycles. The Labute approximate surface area is 617 Å². The van der Waals surface area contributed by atoms with Crippen LogP contribution in [0.5, 0.6) is 0 Å². The van der Waals surface area contributed by atoms with Crippen LogP contribution in [0.25, 0.3) is 32.3 Å². The van der Waals surface area contributed by atoms with Crippen molar-refractivity contribution in [3.8, 4) is 0 Å². The third-order valence-corrected chi connectivity index (χ3v) is 21.7. The highest BCUT2D eigenvalue weighted by Gasteiger charge is 2.61. The van der Waals surface area contributed by atoms with Gasteiger partial charge in [-0.3, -0.25) is 4.79 Å². The fraction of sp³-hybridized carbons (Fsp3) is 0.750. The van der Waals surface area contributed by atoms with Crippen molar-refractivity contribution in [2.75, 3.05) is 52.9 Å². The summed E-state index contributed by atoms with van der Waals surface area (Å²) < 4.78 is 93.8. The molecule has 0 aliphatic carbocycles. The van der Waals surface area contributed by atoms with Crippen molar-refractivity contribution in [3.05, 3.63) is 60.2 Å². The molecule has 24 N–H and O–H groups in total. The van der Waals surface area contributed by atoms with E-state index in [2.05, 4.69) is 5.32 Å². The van der Waals surface area contributed by atoms with Gasteiger partial charge < -0.3 is 199 Å². The fourth-order valence-electron chi connectivity index (χ4n) is 15.8. The third kappa shape index (κ3) is 16.1. The Kier molecular flexibility index (Phi) is 26.7. The van der Waals surface area contributed by atoms with Gasteiger partial charge in [-0.1, -0.05) is 54.6 Å². The van der Waals surface area contributed by atoms with E-state index < -0.39 is 304 Å². The maximum Gasteiger partial charge on any atom is 0.220 e. The number of carbonyl (C=O) groups excluding carboxylic acids is 1. The third-order valence-electron chi connectivity index (χ3n) is 21.7. The highest BCUT2D eigenvalue weighted by molar-refractivity contribution is 6.23. The van der Waals surface area contributed by atoms with E-state index in [-0.39, 0.29) is 12.8 Å². The average molecular weight is 1570 g/mol. The number of hydrogen-bond acceptors (Lipinski definition) is 40. The number of aliphatic hydroxyl groups excluding tert-OH is 23. The predicted molar refractivity (Wildman–Crippen MR) is 350 cm³/mol. The molecule has 34 rings (SSSR count). The molecular weight excluding hydrogens is 1470 g/mol. The number of aryl methyl sites for hydroxylation is 1. The molecule has 30 aliphatic heterocycles. The molecular formula is C68H95NO40. The summed E-state index contributed by atoms with van der Waals surface area (Å²) in [6.07, 6.45) is -80.4. The minimum Gasteiger partial charge on any atom is -0.394 e. The molecule has 0 saturated carbocycles. The summed E-state index contributed by atoms with van der Waals surface area (Å²) in [5.41, 5.74) is 0.900. The van der Waals surface area contributed by atoms with Gasteiger partial charge in [0.1, 0.15) is 189 Å². The molecule has 0 unspecified atom stereocenters. The standard InChI is InChI=1S/C68H95NO40/c70-13-26-53-37(69-34(78)9-3-6-23-12-24-7-1-4-21-10-11-22-5-2-8-25(23)36(22)35(21)24)38(79)61(94-26)103-54-27(14-71)96-63(47(88)40(54)81)105-56-29(16-73)98-65(49(90)42(56)83)107-58-31(18-75)100-67(51(92)44(58)85)109-60-33(20-77)101-68(52(93)45(60)86)108-59-32(19-76)99-66(50(91)43(59)84)106-57-30(17-74)97-64(48(89)41(57)82)104-55-28(15-72)95-62(102-53)46(87)39(55)80/h1-2,4-5,7-8,10-12,26-33,37-68,70-77,79-93H,3,6,9,13-20H2,(H,69,78)/t26-,27-,28-,29-,30-,31-,32-,33-,37-,38-,39-,40-,41-,42-,43-,44-,45-,46-,47-,48-,49-,50-,51-,52-,53-,54-,55-,56-,57-,58-,59-,60-,61-,62-,63-,64-,65-,66-,67-,68-/m1/s1. The Morgan fingerprint density at radius 3 is 0.826 bits per heavy atom. The lowest BCUT2D eigenvalue weighted by Gasteiger charge is -2.51. The van der Waals surface area contributed by atoms with Crippen LogP contribution in [0.2, 0.25) is 0 Å². The second kappa shape index (κ2) is 35.1. The van der Waals surface area contributed by atoms with E-state index in [4.69, 9.17) is 75.8 Å². The molecule has 0 spiro atoms. The van der Waals surface area contributed by atoms with Crippen LogP contribution in [0.4, 0.5) is 0 Å². The summed E-state index contributed by atoms with van der Waals surface area (Å²) in [4.78, 5) is 14.5. The number of hydrogen-bond donors (Lipinski definition) is 24. The number of ether oxygens (including phenoxy) is 16. The highest BCUT2D eigenvalue weighted by Crippen LogP contribution is 2.42. The van der Waals surface area contributed by atoms with Gasteiger partial charge in [-0.2, -0.15) is 0 Å². The molecule has 30 heterocycles. The van der Waals surface area contributed by atoms with Gasteiger partial charge in [-0.25, -0.2) is 0 Å². The maximum atomic E-state index is 14.5. The lowest BCUT2D eigenvalue weighted by atomic mass is 9.90. The lowest BCUT2D eigenvalue weighted by Crippen LogP contribution is -2.70.